The summed E-state index contributed by atoms with van der Waals surface area (Å²) in [5.41, 5.74) is 2.97. The van der Waals surface area contributed by atoms with Gasteiger partial charge in [-0.05, 0) is 36.2 Å². The summed E-state index contributed by atoms with van der Waals surface area (Å²) in [6, 6.07) is 13.5. The van der Waals surface area contributed by atoms with Crippen molar-refractivity contribution in [2.24, 2.45) is 0 Å². The molecule has 0 fully saturated rings. The molecule has 1 N–H and O–H groups in total. The average Bonchev–Trinajstić information content (AvgIpc) is 3.29. The molecule has 0 spiro atoms. The van der Waals surface area contributed by atoms with E-state index in [1.807, 2.05) is 54.4 Å². The smallest absolute Gasteiger partial charge is 0.267 e. The molecular formula is C22H19N7O. The Bertz CT molecular complexity index is 1380. The number of benzene rings is 1. The van der Waals surface area contributed by atoms with Crippen LogP contribution in [-0.2, 0) is 6.42 Å². The van der Waals surface area contributed by atoms with E-state index in [1.165, 1.54) is 5.56 Å². The normalized spacial score (nSPS) is 11.2. The number of hydrogen-bond acceptors (Lipinski definition) is 6. The summed E-state index contributed by atoms with van der Waals surface area (Å²) in [7, 11) is 1.95. The second-order valence-corrected chi connectivity index (χ2v) is 7.07. The van der Waals surface area contributed by atoms with Gasteiger partial charge >= 0.3 is 0 Å². The van der Waals surface area contributed by atoms with Gasteiger partial charge in [0.1, 0.15) is 0 Å². The van der Waals surface area contributed by atoms with Gasteiger partial charge in [0.05, 0.1) is 28.2 Å². The van der Waals surface area contributed by atoms with Crippen molar-refractivity contribution in [3.63, 3.8) is 0 Å². The molecule has 30 heavy (non-hydrogen) atoms. The van der Waals surface area contributed by atoms with Crippen molar-refractivity contribution in [3.8, 4) is 5.69 Å². The van der Waals surface area contributed by atoms with Gasteiger partial charge in [-0.3, -0.25) is 19.4 Å². The number of nitrogens with one attached hydrogen (secondary N) is 1. The molecule has 4 aromatic heterocycles. The average molecular weight is 397 g/mol. The second kappa shape index (κ2) is 7.40. The maximum Gasteiger partial charge on any atom is 0.267 e. The molecule has 8 nitrogen and oxygen atoms in total. The number of H-pyrrole nitrogens is 1. The summed E-state index contributed by atoms with van der Waals surface area (Å²) in [5, 5.41) is 8.23. The van der Waals surface area contributed by atoms with Crippen LogP contribution in [0.5, 0.6) is 0 Å². The largest absolute Gasteiger partial charge is 0.343 e. The van der Waals surface area contributed by atoms with Crippen LogP contribution in [-0.4, -0.2) is 43.3 Å². The number of aromatic amines is 1. The van der Waals surface area contributed by atoms with Gasteiger partial charge < -0.3 is 4.90 Å². The predicted molar refractivity (Wildman–Crippen MR) is 116 cm³/mol. The maximum atomic E-state index is 13.2. The molecule has 1 aromatic carbocycles. The Labute approximate surface area is 171 Å². The molecule has 0 unspecified atom stereocenters. The van der Waals surface area contributed by atoms with Crippen LogP contribution in [0, 0.1) is 0 Å². The van der Waals surface area contributed by atoms with E-state index in [0.717, 1.165) is 24.0 Å². The van der Waals surface area contributed by atoms with Crippen LogP contribution in [0.3, 0.4) is 0 Å². The van der Waals surface area contributed by atoms with Gasteiger partial charge in [-0.15, -0.1) is 0 Å². The van der Waals surface area contributed by atoms with Crippen molar-refractivity contribution in [2.45, 2.75) is 6.42 Å². The van der Waals surface area contributed by atoms with Gasteiger partial charge in [-0.25, -0.2) is 4.98 Å². The Morgan fingerprint density at radius 2 is 1.83 bits per heavy atom. The number of para-hydroxylation sites is 1. The maximum absolute atomic E-state index is 13.2. The fourth-order valence-corrected chi connectivity index (χ4v) is 3.53. The Hall–Kier alpha value is -4.07. The van der Waals surface area contributed by atoms with E-state index in [1.54, 1.807) is 29.4 Å². The second-order valence-electron chi connectivity index (χ2n) is 7.07. The lowest BCUT2D eigenvalue weighted by Crippen LogP contribution is -2.24. The first kappa shape index (κ1) is 18.0. The molecule has 0 bridgehead atoms. The Balaban J connectivity index is 1.62. The standard InChI is InChI=1S/C22H19N7O/c1-28(12-9-15-7-10-23-11-8-15)22-24-13-17-19-18(14-25-27-19)21(30)29(20(17)26-22)16-5-3-2-4-6-16/h2-8,10-11,13-14H,9,12H2,1H3,(H,25,27). The molecule has 5 rings (SSSR count). The van der Waals surface area contributed by atoms with Crippen molar-refractivity contribution in [2.75, 3.05) is 18.5 Å². The number of pyridine rings is 2. The van der Waals surface area contributed by atoms with E-state index in [2.05, 4.69) is 20.2 Å². The number of fused-ring (bicyclic) bond motifs is 3. The van der Waals surface area contributed by atoms with Gasteiger partial charge in [0, 0.05) is 32.2 Å². The van der Waals surface area contributed by atoms with Crippen LogP contribution < -0.4 is 10.5 Å². The van der Waals surface area contributed by atoms with E-state index in [-0.39, 0.29) is 5.56 Å². The zero-order chi connectivity index (χ0) is 20.5. The number of anilines is 1. The van der Waals surface area contributed by atoms with Gasteiger partial charge in [0.15, 0.2) is 5.65 Å². The van der Waals surface area contributed by atoms with E-state index in [0.29, 0.717) is 22.5 Å². The summed E-state index contributed by atoms with van der Waals surface area (Å²) in [5.74, 6) is 0.555. The minimum Gasteiger partial charge on any atom is -0.343 e. The molecule has 0 saturated carbocycles. The van der Waals surface area contributed by atoms with Gasteiger partial charge in [0.25, 0.3) is 5.56 Å². The first-order chi connectivity index (χ1) is 14.7. The molecule has 0 saturated heterocycles. The zero-order valence-corrected chi connectivity index (χ0v) is 16.4. The highest BCUT2D eigenvalue weighted by Gasteiger charge is 2.17. The first-order valence-electron chi connectivity index (χ1n) is 9.62. The molecule has 4 heterocycles. The minimum atomic E-state index is -0.165. The summed E-state index contributed by atoms with van der Waals surface area (Å²) >= 11 is 0. The fraction of sp³-hybridized carbons (Fsp3) is 0.136. The van der Waals surface area contributed by atoms with Crippen LogP contribution in [0.4, 0.5) is 5.95 Å². The highest BCUT2D eigenvalue weighted by molar-refractivity contribution is 6.02. The topological polar surface area (TPSA) is 92.6 Å². The third-order valence-electron chi connectivity index (χ3n) is 5.15. The molecule has 0 atom stereocenters. The van der Waals surface area contributed by atoms with Crippen molar-refractivity contribution >= 4 is 27.9 Å². The molecule has 5 aromatic rings. The van der Waals surface area contributed by atoms with Crippen LogP contribution in [0.15, 0.2) is 72.0 Å². The number of rotatable bonds is 5. The van der Waals surface area contributed by atoms with Gasteiger partial charge in [-0.1, -0.05) is 18.2 Å². The van der Waals surface area contributed by atoms with Crippen LogP contribution in [0.2, 0.25) is 0 Å². The van der Waals surface area contributed by atoms with Gasteiger partial charge in [0.2, 0.25) is 5.95 Å². The molecule has 0 aliphatic rings. The van der Waals surface area contributed by atoms with E-state index in [4.69, 9.17) is 4.98 Å². The number of likely N-dealkylation sites (N-methyl/N-ethyl adjacent to an activating group) is 1. The highest BCUT2D eigenvalue weighted by atomic mass is 16.1. The van der Waals surface area contributed by atoms with E-state index in [9.17, 15) is 4.79 Å². The fourth-order valence-electron chi connectivity index (χ4n) is 3.53. The van der Waals surface area contributed by atoms with Crippen molar-refractivity contribution in [3.05, 3.63) is 83.2 Å². The third-order valence-corrected chi connectivity index (χ3v) is 5.15. The predicted octanol–water partition coefficient (Wildman–Crippen LogP) is 2.73. The highest BCUT2D eigenvalue weighted by Crippen LogP contribution is 2.23. The third kappa shape index (κ3) is 3.08. The van der Waals surface area contributed by atoms with Crippen LogP contribution in [0.25, 0.3) is 27.6 Å². The Kier molecular flexibility index (Phi) is 4.44. The zero-order valence-electron chi connectivity index (χ0n) is 16.4. The van der Waals surface area contributed by atoms with E-state index < -0.39 is 0 Å². The van der Waals surface area contributed by atoms with Gasteiger partial charge in [-0.2, -0.15) is 10.1 Å². The van der Waals surface area contributed by atoms with Crippen molar-refractivity contribution in [1.82, 2.24) is 29.7 Å². The molecular weight excluding hydrogens is 378 g/mol. The minimum absolute atomic E-state index is 0.165. The first-order valence-corrected chi connectivity index (χ1v) is 9.62. The number of aromatic nitrogens is 6. The van der Waals surface area contributed by atoms with Crippen LogP contribution in [0.1, 0.15) is 5.56 Å². The Morgan fingerprint density at radius 1 is 1.03 bits per heavy atom. The summed E-state index contributed by atoms with van der Waals surface area (Å²) in [6.07, 6.45) is 7.71. The summed E-state index contributed by atoms with van der Waals surface area (Å²) < 4.78 is 1.62. The van der Waals surface area contributed by atoms with E-state index >= 15 is 0 Å². The molecule has 0 aliphatic carbocycles. The SMILES string of the molecule is CN(CCc1ccncc1)c1ncc2c3[nH]ncc3c(=O)n(-c3ccccc3)c2n1. The molecule has 8 heteroatoms. The molecule has 0 radical (unpaired) electrons. The summed E-state index contributed by atoms with van der Waals surface area (Å²) in [4.78, 5) is 28.6. The monoisotopic (exact) mass is 397 g/mol. The van der Waals surface area contributed by atoms with Crippen molar-refractivity contribution in [1.29, 1.82) is 0 Å². The Morgan fingerprint density at radius 3 is 2.63 bits per heavy atom. The van der Waals surface area contributed by atoms with Crippen LogP contribution >= 0.6 is 0 Å². The number of hydrogen-bond donors (Lipinski definition) is 1. The summed E-state index contributed by atoms with van der Waals surface area (Å²) in [6.45, 7) is 0.734. The molecule has 0 amide bonds. The quantitative estimate of drug-likeness (QED) is 0.490. The lowest BCUT2D eigenvalue weighted by atomic mass is 10.2. The lowest BCUT2D eigenvalue weighted by Gasteiger charge is -2.18. The molecule has 0 aliphatic heterocycles. The number of nitrogens with zero attached hydrogens (tertiary/aromatic N) is 6. The van der Waals surface area contributed by atoms with Crippen molar-refractivity contribution < 1.29 is 0 Å². The lowest BCUT2D eigenvalue weighted by molar-refractivity contribution is 0.837. The molecule has 148 valence electrons.